The van der Waals surface area contributed by atoms with Gasteiger partial charge in [0.15, 0.2) is 0 Å². The molecule has 1 amide bonds. The molecule has 0 aliphatic carbocycles. The molecule has 9 heteroatoms. The molecule has 1 aromatic heterocycles. The molecule has 0 saturated heterocycles. The van der Waals surface area contributed by atoms with Crippen LogP contribution >= 0.6 is 12.2 Å². The highest BCUT2D eigenvalue weighted by molar-refractivity contribution is 7.89. The normalized spacial score (nSPS) is 11.3. The van der Waals surface area contributed by atoms with Crippen LogP contribution in [-0.4, -0.2) is 49.2 Å². The van der Waals surface area contributed by atoms with Crippen molar-refractivity contribution in [3.8, 4) is 0 Å². The summed E-state index contributed by atoms with van der Waals surface area (Å²) in [6, 6.07) is 2.83. The first kappa shape index (κ1) is 16.5. The Bertz CT molecular complexity index is 599. The Kier molecular flexibility index (Phi) is 5.54. The molecule has 0 atom stereocenters. The first-order valence-corrected chi connectivity index (χ1v) is 7.56. The van der Waals surface area contributed by atoms with Crippen molar-refractivity contribution in [2.75, 3.05) is 20.6 Å². The molecule has 0 unspecified atom stereocenters. The number of hydrogen-bond donors (Lipinski definition) is 2. The van der Waals surface area contributed by atoms with Gasteiger partial charge in [0.25, 0.3) is 0 Å². The van der Waals surface area contributed by atoms with Crippen LogP contribution in [0.3, 0.4) is 0 Å². The summed E-state index contributed by atoms with van der Waals surface area (Å²) in [6.45, 7) is 0.0824. The van der Waals surface area contributed by atoms with E-state index in [4.69, 9.17) is 18.0 Å². The van der Waals surface area contributed by atoms with Gasteiger partial charge in [0.2, 0.25) is 15.9 Å². The lowest BCUT2D eigenvalue weighted by Gasteiger charge is -2.16. The van der Waals surface area contributed by atoms with E-state index < -0.39 is 10.0 Å². The maximum absolute atomic E-state index is 12.2. The van der Waals surface area contributed by atoms with Gasteiger partial charge in [-0.3, -0.25) is 9.78 Å². The highest BCUT2D eigenvalue weighted by Gasteiger charge is 2.21. The molecule has 0 aromatic carbocycles. The third-order valence-corrected chi connectivity index (χ3v) is 4.68. The number of amides is 1. The molecular weight excluding hydrogens is 300 g/mol. The average molecular weight is 316 g/mol. The zero-order chi connectivity index (χ0) is 15.3. The van der Waals surface area contributed by atoms with Crippen LogP contribution in [-0.2, 0) is 14.8 Å². The molecular formula is C11H16N4O3S2. The maximum atomic E-state index is 12.2. The molecule has 0 aliphatic rings. The van der Waals surface area contributed by atoms with Crippen molar-refractivity contribution in [3.05, 3.63) is 24.0 Å². The molecule has 1 aromatic rings. The van der Waals surface area contributed by atoms with Crippen LogP contribution in [0, 0.1) is 0 Å². The predicted molar refractivity (Wildman–Crippen MR) is 78.6 cm³/mol. The quantitative estimate of drug-likeness (QED) is 0.684. The Morgan fingerprint density at radius 2 is 2.15 bits per heavy atom. The van der Waals surface area contributed by atoms with Crippen molar-refractivity contribution >= 4 is 33.1 Å². The topological polar surface area (TPSA) is 105 Å². The fourth-order valence-corrected chi connectivity index (χ4v) is 2.60. The van der Waals surface area contributed by atoms with Crippen molar-refractivity contribution in [1.82, 2.24) is 14.6 Å². The molecule has 0 bridgehead atoms. The Morgan fingerprint density at radius 3 is 2.60 bits per heavy atom. The highest BCUT2D eigenvalue weighted by Crippen LogP contribution is 2.13. The monoisotopic (exact) mass is 316 g/mol. The van der Waals surface area contributed by atoms with Crippen LogP contribution in [0.1, 0.15) is 12.1 Å². The molecule has 3 N–H and O–H groups in total. The fraction of sp³-hybridized carbons (Fsp3) is 0.364. The van der Waals surface area contributed by atoms with E-state index in [9.17, 15) is 13.2 Å². The molecule has 1 rings (SSSR count). The highest BCUT2D eigenvalue weighted by atomic mass is 32.2. The zero-order valence-corrected chi connectivity index (χ0v) is 12.8. The number of sulfonamides is 1. The Morgan fingerprint density at radius 1 is 1.50 bits per heavy atom. The number of hydrogen-bond acceptors (Lipinski definition) is 5. The minimum absolute atomic E-state index is 0.0249. The largest absolute Gasteiger partial charge is 0.388 e. The summed E-state index contributed by atoms with van der Waals surface area (Å²) in [5.74, 6) is -0.228. The molecule has 0 radical (unpaired) electrons. The van der Waals surface area contributed by atoms with Crippen molar-refractivity contribution in [2.45, 2.75) is 11.3 Å². The first-order chi connectivity index (χ1) is 9.28. The van der Waals surface area contributed by atoms with Crippen LogP contribution in [0.2, 0.25) is 0 Å². The number of rotatable bonds is 6. The summed E-state index contributed by atoms with van der Waals surface area (Å²) in [6.07, 6.45) is 1.28. The molecule has 20 heavy (non-hydrogen) atoms. The molecule has 0 spiro atoms. The number of pyridine rings is 1. The van der Waals surface area contributed by atoms with Crippen molar-refractivity contribution in [2.24, 2.45) is 5.73 Å². The summed E-state index contributed by atoms with van der Waals surface area (Å²) in [5, 5.41) is 2.43. The number of nitrogens with one attached hydrogen (secondary N) is 1. The molecule has 0 saturated carbocycles. The zero-order valence-electron chi connectivity index (χ0n) is 11.2. The number of nitrogens with zero attached hydrogens (tertiary/aromatic N) is 2. The number of thiocarbonyl (C=S) groups is 1. The van der Waals surface area contributed by atoms with Crippen LogP contribution in [0.25, 0.3) is 0 Å². The van der Waals surface area contributed by atoms with E-state index >= 15 is 0 Å². The second-order valence-electron chi connectivity index (χ2n) is 3.99. The minimum atomic E-state index is -3.68. The third-order valence-electron chi connectivity index (χ3n) is 2.63. The lowest BCUT2D eigenvalue weighted by atomic mass is 10.3. The van der Waals surface area contributed by atoms with E-state index in [1.165, 1.54) is 32.4 Å². The first-order valence-electron chi connectivity index (χ1n) is 5.72. The summed E-state index contributed by atoms with van der Waals surface area (Å²) >= 11 is 4.74. The van der Waals surface area contributed by atoms with Gasteiger partial charge in [-0.15, -0.1) is 0 Å². The van der Waals surface area contributed by atoms with E-state index in [0.717, 1.165) is 4.31 Å². The maximum Gasteiger partial charge on any atom is 0.244 e. The number of aromatic nitrogens is 1. The van der Waals surface area contributed by atoms with Crippen LogP contribution < -0.4 is 11.1 Å². The van der Waals surface area contributed by atoms with Gasteiger partial charge in [0.1, 0.15) is 9.88 Å². The Hall–Kier alpha value is -1.58. The Balaban J connectivity index is 2.87. The van der Waals surface area contributed by atoms with Gasteiger partial charge >= 0.3 is 0 Å². The summed E-state index contributed by atoms with van der Waals surface area (Å²) in [5.41, 5.74) is 5.75. The Labute approximate surface area is 123 Å². The minimum Gasteiger partial charge on any atom is -0.388 e. The summed E-state index contributed by atoms with van der Waals surface area (Å²) in [4.78, 5) is 15.1. The summed E-state index contributed by atoms with van der Waals surface area (Å²) in [7, 11) is -0.781. The van der Waals surface area contributed by atoms with Gasteiger partial charge in [0.05, 0.1) is 5.69 Å². The van der Waals surface area contributed by atoms with E-state index in [-0.39, 0.29) is 28.8 Å². The predicted octanol–water partition coefficient (Wildman–Crippen LogP) is -0.528. The summed E-state index contributed by atoms with van der Waals surface area (Å²) < 4.78 is 25.5. The molecule has 1 heterocycles. The van der Waals surface area contributed by atoms with Crippen molar-refractivity contribution < 1.29 is 13.2 Å². The van der Waals surface area contributed by atoms with Crippen LogP contribution in [0.15, 0.2) is 23.2 Å². The van der Waals surface area contributed by atoms with E-state index in [2.05, 4.69) is 10.3 Å². The van der Waals surface area contributed by atoms with Gasteiger partial charge in [-0.1, -0.05) is 12.2 Å². The fourth-order valence-electron chi connectivity index (χ4n) is 1.36. The lowest BCUT2D eigenvalue weighted by Crippen LogP contribution is -2.31. The number of carbonyl (C=O) groups is 1. The van der Waals surface area contributed by atoms with Gasteiger partial charge in [-0.2, -0.15) is 0 Å². The number of carbonyl (C=O) groups excluding carboxylic acids is 1. The van der Waals surface area contributed by atoms with Crippen molar-refractivity contribution in [1.29, 1.82) is 0 Å². The number of nitrogens with two attached hydrogens (primary N) is 1. The third kappa shape index (κ3) is 3.95. The standard InChI is InChI=1S/C11H16N4O3S2/c1-13-10(16)5-6-15(2)20(17,18)8-3-4-9(11(12)19)14-7-8/h3-4,7H,5-6H2,1-2H3,(H2,12,19)(H,13,16). The second-order valence-corrected chi connectivity index (χ2v) is 6.48. The van der Waals surface area contributed by atoms with Gasteiger partial charge in [0, 0.05) is 33.3 Å². The van der Waals surface area contributed by atoms with Crippen molar-refractivity contribution in [3.63, 3.8) is 0 Å². The SMILES string of the molecule is CNC(=O)CCN(C)S(=O)(=O)c1ccc(C(N)=S)nc1. The lowest BCUT2D eigenvalue weighted by molar-refractivity contribution is -0.120. The molecule has 0 aliphatic heterocycles. The van der Waals surface area contributed by atoms with Crippen LogP contribution in [0.4, 0.5) is 0 Å². The molecule has 110 valence electrons. The molecule has 0 fully saturated rings. The average Bonchev–Trinajstić information content (AvgIpc) is 2.44. The van der Waals surface area contributed by atoms with Gasteiger partial charge in [-0.25, -0.2) is 12.7 Å². The van der Waals surface area contributed by atoms with E-state index in [1.807, 2.05) is 0 Å². The van der Waals surface area contributed by atoms with E-state index in [0.29, 0.717) is 5.69 Å². The van der Waals surface area contributed by atoms with Gasteiger partial charge < -0.3 is 11.1 Å². The van der Waals surface area contributed by atoms with Crippen LogP contribution in [0.5, 0.6) is 0 Å². The second kappa shape index (κ2) is 6.73. The smallest absolute Gasteiger partial charge is 0.244 e. The molecule has 7 nitrogen and oxygen atoms in total. The van der Waals surface area contributed by atoms with E-state index in [1.54, 1.807) is 0 Å². The van der Waals surface area contributed by atoms with Gasteiger partial charge in [-0.05, 0) is 12.1 Å².